The summed E-state index contributed by atoms with van der Waals surface area (Å²) in [7, 11) is 0. The highest BCUT2D eigenvalue weighted by molar-refractivity contribution is 5.91. The molecule has 2 fully saturated rings. The topological polar surface area (TPSA) is 52.6 Å². The van der Waals surface area contributed by atoms with Crippen molar-refractivity contribution in [1.29, 1.82) is 0 Å². The van der Waals surface area contributed by atoms with E-state index in [1.807, 2.05) is 0 Å². The predicted octanol–water partition coefficient (Wildman–Crippen LogP) is 5.55. The summed E-state index contributed by atoms with van der Waals surface area (Å²) < 4.78 is 11.4. The van der Waals surface area contributed by atoms with E-state index in [2.05, 4.69) is 41.5 Å². The van der Waals surface area contributed by atoms with Crippen molar-refractivity contribution < 1.29 is 19.1 Å². The average molecular weight is 393 g/mol. The Morgan fingerprint density at radius 1 is 0.714 bits per heavy atom. The Morgan fingerprint density at radius 2 is 1.07 bits per heavy atom. The van der Waals surface area contributed by atoms with Gasteiger partial charge in [0.2, 0.25) is 0 Å². The summed E-state index contributed by atoms with van der Waals surface area (Å²) in [5.41, 5.74) is 0. The summed E-state index contributed by atoms with van der Waals surface area (Å²) >= 11 is 0. The molecule has 0 aromatic rings. The molecule has 0 spiro atoms. The minimum Gasteiger partial charge on any atom is -0.459 e. The Kier molecular flexibility index (Phi) is 8.57. The first kappa shape index (κ1) is 23.0. The zero-order chi connectivity index (χ0) is 20.8. The number of ether oxygens (including phenoxy) is 2. The number of carbonyl (C=O) groups is 2. The highest BCUT2D eigenvalue weighted by Gasteiger charge is 2.34. The molecule has 0 radical (unpaired) electrons. The molecule has 2 aliphatic rings. The van der Waals surface area contributed by atoms with Crippen molar-refractivity contribution in [3.8, 4) is 0 Å². The third-order valence-corrected chi connectivity index (χ3v) is 6.81. The van der Waals surface area contributed by atoms with Crippen molar-refractivity contribution in [2.24, 2.45) is 35.5 Å². The first-order valence-electron chi connectivity index (χ1n) is 11.3. The van der Waals surface area contributed by atoms with Crippen LogP contribution in [0.15, 0.2) is 12.2 Å². The van der Waals surface area contributed by atoms with Gasteiger partial charge in [0.1, 0.15) is 12.2 Å². The Morgan fingerprint density at radius 3 is 1.39 bits per heavy atom. The zero-order valence-corrected chi connectivity index (χ0v) is 18.6. The SMILES string of the molecule is CC(C)[C@H]1CC[C@H](C)CC1OC(=O)/C=C/C(=O)OC1C[C@@H](C)CC[C@@H]1C(C)C. The molecule has 6 atom stereocenters. The lowest BCUT2D eigenvalue weighted by Gasteiger charge is -2.36. The lowest BCUT2D eigenvalue weighted by atomic mass is 9.75. The predicted molar refractivity (Wildman–Crippen MR) is 112 cm³/mol. The van der Waals surface area contributed by atoms with Gasteiger partial charge in [0.15, 0.2) is 0 Å². The van der Waals surface area contributed by atoms with Crippen molar-refractivity contribution in [3.05, 3.63) is 12.2 Å². The molecule has 0 bridgehead atoms. The van der Waals surface area contributed by atoms with E-state index < -0.39 is 11.9 Å². The lowest BCUT2D eigenvalue weighted by Crippen LogP contribution is -2.36. The van der Waals surface area contributed by atoms with Crippen molar-refractivity contribution in [2.75, 3.05) is 0 Å². The van der Waals surface area contributed by atoms with E-state index in [9.17, 15) is 9.59 Å². The summed E-state index contributed by atoms with van der Waals surface area (Å²) in [6, 6.07) is 0. The molecule has 2 unspecified atom stereocenters. The quantitative estimate of drug-likeness (QED) is 0.439. The van der Waals surface area contributed by atoms with Crippen molar-refractivity contribution in [2.45, 2.75) is 92.3 Å². The molecule has 0 aromatic heterocycles. The number of hydrogen-bond donors (Lipinski definition) is 0. The maximum absolute atomic E-state index is 12.3. The Balaban J connectivity index is 1.89. The summed E-state index contributed by atoms with van der Waals surface area (Å²) in [6.45, 7) is 13.2. The fraction of sp³-hybridized carbons (Fsp3) is 0.833. The molecule has 0 saturated heterocycles. The van der Waals surface area contributed by atoms with E-state index in [4.69, 9.17) is 9.47 Å². The number of carbonyl (C=O) groups excluding carboxylic acids is 2. The van der Waals surface area contributed by atoms with E-state index in [1.165, 1.54) is 25.0 Å². The molecule has 0 amide bonds. The van der Waals surface area contributed by atoms with Gasteiger partial charge in [-0.25, -0.2) is 9.59 Å². The van der Waals surface area contributed by atoms with E-state index in [1.54, 1.807) is 0 Å². The fourth-order valence-corrected chi connectivity index (χ4v) is 5.01. The maximum atomic E-state index is 12.3. The number of hydrogen-bond acceptors (Lipinski definition) is 4. The largest absolute Gasteiger partial charge is 0.459 e. The summed E-state index contributed by atoms with van der Waals surface area (Å²) in [5, 5.41) is 0. The lowest BCUT2D eigenvalue weighted by molar-refractivity contribution is -0.152. The van der Waals surface area contributed by atoms with Crippen LogP contribution < -0.4 is 0 Å². The summed E-state index contributed by atoms with van der Waals surface area (Å²) in [5.74, 6) is 2.05. The first-order chi connectivity index (χ1) is 13.2. The van der Waals surface area contributed by atoms with Crippen LogP contribution in [0.2, 0.25) is 0 Å². The third kappa shape index (κ3) is 6.63. The van der Waals surface area contributed by atoms with Crippen LogP contribution in [0.1, 0.15) is 80.1 Å². The molecule has 2 rings (SSSR count). The second kappa shape index (κ2) is 10.5. The molecular weight excluding hydrogens is 352 g/mol. The van der Waals surface area contributed by atoms with Crippen LogP contribution in [-0.4, -0.2) is 24.1 Å². The average Bonchev–Trinajstić information content (AvgIpc) is 2.59. The minimum absolute atomic E-state index is 0.0542. The number of rotatable bonds is 6. The van der Waals surface area contributed by atoms with Gasteiger partial charge in [0.05, 0.1) is 0 Å². The van der Waals surface area contributed by atoms with Gasteiger partial charge in [-0.3, -0.25) is 0 Å². The van der Waals surface area contributed by atoms with E-state index >= 15 is 0 Å². The van der Waals surface area contributed by atoms with E-state index in [0.717, 1.165) is 25.7 Å². The maximum Gasteiger partial charge on any atom is 0.331 e. The van der Waals surface area contributed by atoms with Crippen LogP contribution >= 0.6 is 0 Å². The standard InChI is InChI=1S/C24H40O4/c1-15(2)19-9-7-17(5)13-21(19)27-23(25)11-12-24(26)28-22-14-18(6)8-10-20(22)16(3)4/h11-12,15-22H,7-10,13-14H2,1-6H3/b12-11+/t17-,18-,19+,20+,21?,22?/m0/s1. The van der Waals surface area contributed by atoms with Gasteiger partial charge in [0.25, 0.3) is 0 Å². The van der Waals surface area contributed by atoms with Gasteiger partial charge in [-0.1, -0.05) is 54.4 Å². The molecule has 2 saturated carbocycles. The van der Waals surface area contributed by atoms with Gasteiger partial charge >= 0.3 is 11.9 Å². The summed E-state index contributed by atoms with van der Waals surface area (Å²) in [6.07, 6.45) is 8.77. The summed E-state index contributed by atoms with van der Waals surface area (Å²) in [4.78, 5) is 24.6. The normalized spacial score (nSPS) is 34.0. The molecule has 4 nitrogen and oxygen atoms in total. The smallest absolute Gasteiger partial charge is 0.331 e. The van der Waals surface area contributed by atoms with Crippen LogP contribution in [0, 0.1) is 35.5 Å². The number of esters is 2. The Bertz CT molecular complexity index is 503. The fourth-order valence-electron chi connectivity index (χ4n) is 5.01. The van der Waals surface area contributed by atoms with E-state index in [0.29, 0.717) is 35.5 Å². The van der Waals surface area contributed by atoms with Gasteiger partial charge in [-0.05, 0) is 61.2 Å². The first-order valence-corrected chi connectivity index (χ1v) is 11.3. The van der Waals surface area contributed by atoms with Gasteiger partial charge < -0.3 is 9.47 Å². The zero-order valence-electron chi connectivity index (χ0n) is 18.6. The Labute approximate surface area is 171 Å². The molecule has 0 heterocycles. The highest BCUT2D eigenvalue weighted by Crippen LogP contribution is 2.36. The van der Waals surface area contributed by atoms with Gasteiger partial charge in [0, 0.05) is 12.2 Å². The molecule has 0 aromatic carbocycles. The minimum atomic E-state index is -0.431. The van der Waals surface area contributed by atoms with Crippen LogP contribution in [0.3, 0.4) is 0 Å². The van der Waals surface area contributed by atoms with Crippen molar-refractivity contribution in [1.82, 2.24) is 0 Å². The van der Waals surface area contributed by atoms with Crippen LogP contribution in [0.5, 0.6) is 0 Å². The second-order valence-corrected chi connectivity index (χ2v) is 9.94. The van der Waals surface area contributed by atoms with Crippen molar-refractivity contribution in [3.63, 3.8) is 0 Å². The van der Waals surface area contributed by atoms with Crippen LogP contribution in [0.4, 0.5) is 0 Å². The molecule has 2 aliphatic carbocycles. The molecule has 0 aliphatic heterocycles. The third-order valence-electron chi connectivity index (χ3n) is 6.81. The van der Waals surface area contributed by atoms with E-state index in [-0.39, 0.29) is 12.2 Å². The highest BCUT2D eigenvalue weighted by atomic mass is 16.5. The molecule has 160 valence electrons. The monoisotopic (exact) mass is 392 g/mol. The molecular formula is C24H40O4. The van der Waals surface area contributed by atoms with Gasteiger partial charge in [-0.15, -0.1) is 0 Å². The molecule has 28 heavy (non-hydrogen) atoms. The van der Waals surface area contributed by atoms with Gasteiger partial charge in [-0.2, -0.15) is 0 Å². The molecule has 0 N–H and O–H groups in total. The van der Waals surface area contributed by atoms with Crippen molar-refractivity contribution >= 4 is 11.9 Å². The van der Waals surface area contributed by atoms with Crippen LogP contribution in [-0.2, 0) is 19.1 Å². The van der Waals surface area contributed by atoms with Crippen LogP contribution in [0.25, 0.3) is 0 Å². The second-order valence-electron chi connectivity index (χ2n) is 9.94. The Hall–Kier alpha value is -1.32. The molecule has 4 heteroatoms.